The molecule has 180 valence electrons. The largest absolute Gasteiger partial charge is 0.497 e. The highest BCUT2D eigenvalue weighted by Crippen LogP contribution is 2.35. The summed E-state index contributed by atoms with van der Waals surface area (Å²) in [6.07, 6.45) is 0.591. The van der Waals surface area contributed by atoms with Crippen LogP contribution in [0.15, 0.2) is 83.8 Å². The van der Waals surface area contributed by atoms with E-state index in [4.69, 9.17) is 9.47 Å². The summed E-state index contributed by atoms with van der Waals surface area (Å²) in [7, 11) is -1.15. The van der Waals surface area contributed by atoms with Gasteiger partial charge < -0.3 is 14.8 Å². The number of carbonyl (C=O) groups is 1. The lowest BCUT2D eigenvalue weighted by atomic mass is 9.95. The summed E-state index contributed by atoms with van der Waals surface area (Å²) < 4.78 is 39.1. The highest BCUT2D eigenvalue weighted by molar-refractivity contribution is 7.92. The van der Waals surface area contributed by atoms with E-state index in [1.807, 2.05) is 44.2 Å². The highest BCUT2D eigenvalue weighted by Gasteiger charge is 2.31. The van der Waals surface area contributed by atoms with E-state index in [0.29, 0.717) is 17.9 Å². The lowest BCUT2D eigenvalue weighted by molar-refractivity contribution is -0.121. The topological polar surface area (TPSA) is 84.9 Å². The predicted octanol–water partition coefficient (Wildman–Crippen LogP) is 4.04. The first-order valence-corrected chi connectivity index (χ1v) is 12.2. The van der Waals surface area contributed by atoms with Crippen molar-refractivity contribution in [2.75, 3.05) is 25.1 Å². The minimum absolute atomic E-state index is 0.0659. The monoisotopic (exact) mass is 482 g/mol. The van der Waals surface area contributed by atoms with Gasteiger partial charge in [0.2, 0.25) is 5.91 Å². The second-order valence-electron chi connectivity index (χ2n) is 8.46. The van der Waals surface area contributed by atoms with Gasteiger partial charge in [-0.2, -0.15) is 0 Å². The molecule has 34 heavy (non-hydrogen) atoms. The minimum atomic E-state index is -4.08. The van der Waals surface area contributed by atoms with Gasteiger partial charge in [-0.05, 0) is 50.1 Å². The van der Waals surface area contributed by atoms with Crippen LogP contribution in [0, 0.1) is 0 Å². The first-order valence-electron chi connectivity index (χ1n) is 10.8. The molecule has 0 saturated heterocycles. The Morgan fingerprint density at radius 3 is 2.12 bits per heavy atom. The van der Waals surface area contributed by atoms with Crippen LogP contribution in [-0.2, 0) is 21.2 Å². The van der Waals surface area contributed by atoms with E-state index in [-0.39, 0.29) is 10.6 Å². The number of hydrogen-bond acceptors (Lipinski definition) is 5. The Morgan fingerprint density at radius 1 is 0.912 bits per heavy atom. The molecule has 0 unspecified atom stereocenters. The molecule has 8 heteroatoms. The lowest BCUT2D eigenvalue weighted by Gasteiger charge is -2.30. The van der Waals surface area contributed by atoms with Crippen LogP contribution in [0.4, 0.5) is 5.69 Å². The number of carbonyl (C=O) groups excluding carboxylic acids is 1. The number of nitrogens with zero attached hydrogens (tertiary/aromatic N) is 1. The Bertz CT molecular complexity index is 1210. The Morgan fingerprint density at radius 2 is 1.53 bits per heavy atom. The van der Waals surface area contributed by atoms with E-state index >= 15 is 0 Å². The van der Waals surface area contributed by atoms with Crippen molar-refractivity contribution < 1.29 is 22.7 Å². The fourth-order valence-corrected chi connectivity index (χ4v) is 5.15. The van der Waals surface area contributed by atoms with Crippen LogP contribution in [0.2, 0.25) is 0 Å². The maximum absolute atomic E-state index is 13.6. The maximum atomic E-state index is 13.6. The van der Waals surface area contributed by atoms with Gasteiger partial charge in [-0.25, -0.2) is 8.42 Å². The van der Waals surface area contributed by atoms with Crippen LogP contribution in [0.5, 0.6) is 11.5 Å². The predicted molar refractivity (Wildman–Crippen MR) is 133 cm³/mol. The molecule has 0 fully saturated rings. The van der Waals surface area contributed by atoms with E-state index in [9.17, 15) is 13.2 Å². The molecule has 0 aliphatic carbocycles. The van der Waals surface area contributed by atoms with Crippen molar-refractivity contribution in [3.63, 3.8) is 0 Å². The average Bonchev–Trinajstić information content (AvgIpc) is 2.82. The summed E-state index contributed by atoms with van der Waals surface area (Å²) in [5.74, 6) is 0.302. The molecule has 3 rings (SSSR count). The molecule has 3 aromatic rings. The van der Waals surface area contributed by atoms with Gasteiger partial charge in [0, 0.05) is 11.6 Å². The standard InChI is InChI=1S/C26H30N2O5S/c1-26(2,18-20-11-7-5-8-12-20)27-25(29)19-28(34(30,31)22-13-9-6-10-14-22)23-17-21(32-3)15-16-24(23)33-4/h5-17H,18-19H2,1-4H3,(H,27,29). The summed E-state index contributed by atoms with van der Waals surface area (Å²) >= 11 is 0. The third kappa shape index (κ3) is 6.08. The van der Waals surface area contributed by atoms with Crippen molar-refractivity contribution in [1.29, 1.82) is 0 Å². The molecule has 0 aromatic heterocycles. The molecular weight excluding hydrogens is 452 g/mol. The SMILES string of the molecule is COc1ccc(OC)c(N(CC(=O)NC(C)(C)Cc2ccccc2)S(=O)(=O)c2ccccc2)c1. The number of benzene rings is 3. The van der Waals surface area contributed by atoms with E-state index in [1.54, 1.807) is 36.4 Å². The summed E-state index contributed by atoms with van der Waals surface area (Å²) in [6.45, 7) is 3.37. The van der Waals surface area contributed by atoms with Crippen molar-refractivity contribution in [3.8, 4) is 11.5 Å². The van der Waals surface area contributed by atoms with Gasteiger partial charge in [-0.3, -0.25) is 9.10 Å². The zero-order chi connectivity index (χ0) is 24.8. The second kappa shape index (κ2) is 10.6. The molecule has 1 amide bonds. The molecular formula is C26H30N2O5S. The molecule has 3 aromatic carbocycles. The molecule has 1 N–H and O–H groups in total. The summed E-state index contributed by atoms with van der Waals surface area (Å²) in [5, 5.41) is 2.98. The third-order valence-electron chi connectivity index (χ3n) is 5.24. The Kier molecular flexibility index (Phi) is 7.83. The van der Waals surface area contributed by atoms with Gasteiger partial charge in [0.05, 0.1) is 24.8 Å². The van der Waals surface area contributed by atoms with Gasteiger partial charge in [-0.1, -0.05) is 48.5 Å². The molecule has 0 spiro atoms. The first kappa shape index (κ1) is 25.1. The van der Waals surface area contributed by atoms with Crippen molar-refractivity contribution in [3.05, 3.63) is 84.4 Å². The van der Waals surface area contributed by atoms with Crippen molar-refractivity contribution in [1.82, 2.24) is 5.32 Å². The number of amides is 1. The zero-order valence-corrected chi connectivity index (χ0v) is 20.6. The maximum Gasteiger partial charge on any atom is 0.264 e. The van der Waals surface area contributed by atoms with E-state index < -0.39 is 28.0 Å². The van der Waals surface area contributed by atoms with Crippen LogP contribution in [0.25, 0.3) is 0 Å². The number of hydrogen-bond donors (Lipinski definition) is 1. The van der Waals surface area contributed by atoms with Gasteiger partial charge in [-0.15, -0.1) is 0 Å². The van der Waals surface area contributed by atoms with Gasteiger partial charge >= 0.3 is 0 Å². The quantitative estimate of drug-likeness (QED) is 0.472. The smallest absolute Gasteiger partial charge is 0.264 e. The van der Waals surface area contributed by atoms with E-state index in [0.717, 1.165) is 9.87 Å². The lowest BCUT2D eigenvalue weighted by Crippen LogP contribution is -2.50. The molecule has 7 nitrogen and oxygen atoms in total. The highest BCUT2D eigenvalue weighted by atomic mass is 32.2. The van der Waals surface area contributed by atoms with Gasteiger partial charge in [0.25, 0.3) is 10.0 Å². The van der Waals surface area contributed by atoms with Crippen LogP contribution >= 0.6 is 0 Å². The van der Waals surface area contributed by atoms with E-state index in [1.165, 1.54) is 26.4 Å². The Balaban J connectivity index is 1.96. The molecule has 0 atom stereocenters. The third-order valence-corrected chi connectivity index (χ3v) is 7.01. The van der Waals surface area contributed by atoms with Gasteiger partial charge in [0.1, 0.15) is 18.0 Å². The molecule has 0 aliphatic heterocycles. The molecule has 0 saturated carbocycles. The number of sulfonamides is 1. The first-order chi connectivity index (χ1) is 16.2. The number of ether oxygens (including phenoxy) is 2. The fraction of sp³-hybridized carbons (Fsp3) is 0.269. The van der Waals surface area contributed by atoms with Crippen LogP contribution in [-0.4, -0.2) is 40.6 Å². The number of methoxy groups -OCH3 is 2. The van der Waals surface area contributed by atoms with Crippen LogP contribution in [0.3, 0.4) is 0 Å². The Labute approximate surface area is 201 Å². The summed E-state index contributed by atoms with van der Waals surface area (Å²) in [4.78, 5) is 13.2. The average molecular weight is 483 g/mol. The van der Waals surface area contributed by atoms with Crippen molar-refractivity contribution in [2.45, 2.75) is 30.7 Å². The van der Waals surface area contributed by atoms with Crippen LogP contribution < -0.4 is 19.1 Å². The molecule has 0 radical (unpaired) electrons. The molecule has 0 bridgehead atoms. The van der Waals surface area contributed by atoms with Crippen molar-refractivity contribution >= 4 is 21.6 Å². The van der Waals surface area contributed by atoms with E-state index in [2.05, 4.69) is 5.32 Å². The molecule has 0 aliphatic rings. The number of rotatable bonds is 10. The number of anilines is 1. The number of nitrogens with one attached hydrogen (secondary N) is 1. The fourth-order valence-electron chi connectivity index (χ4n) is 3.71. The summed E-state index contributed by atoms with van der Waals surface area (Å²) in [6, 6.07) is 22.6. The minimum Gasteiger partial charge on any atom is -0.497 e. The van der Waals surface area contributed by atoms with Gasteiger partial charge in [0.15, 0.2) is 0 Å². The molecule has 0 heterocycles. The van der Waals surface area contributed by atoms with Crippen LogP contribution in [0.1, 0.15) is 19.4 Å². The normalized spacial score (nSPS) is 11.5. The zero-order valence-electron chi connectivity index (χ0n) is 19.8. The summed E-state index contributed by atoms with van der Waals surface area (Å²) in [5.41, 5.74) is 0.678. The second-order valence-corrected chi connectivity index (χ2v) is 10.3. The van der Waals surface area contributed by atoms with Crippen molar-refractivity contribution in [2.24, 2.45) is 0 Å². The Hall–Kier alpha value is -3.52.